The highest BCUT2D eigenvalue weighted by Crippen LogP contribution is 2.21. The molecule has 116 valence electrons. The van der Waals surface area contributed by atoms with Gasteiger partial charge in [0, 0.05) is 5.39 Å². The summed E-state index contributed by atoms with van der Waals surface area (Å²) in [5.74, 6) is -1.46. The van der Waals surface area contributed by atoms with Crippen molar-refractivity contribution in [2.75, 3.05) is 12.4 Å². The largest absolute Gasteiger partial charge is 0.465 e. The number of fused-ring (bicyclic) bond motifs is 1. The number of amides is 1. The lowest BCUT2D eigenvalue weighted by Gasteiger charge is -2.08. The summed E-state index contributed by atoms with van der Waals surface area (Å²) in [6.45, 7) is 0. The number of methoxy groups -OCH3 is 1. The molecule has 1 aromatic heterocycles. The maximum absolute atomic E-state index is 13.7. The molecular formula is C17H13FN2O3. The van der Waals surface area contributed by atoms with E-state index in [1.54, 1.807) is 42.5 Å². The molecule has 1 amide bonds. The van der Waals surface area contributed by atoms with Gasteiger partial charge < -0.3 is 15.0 Å². The molecular weight excluding hydrogens is 299 g/mol. The first-order valence-electron chi connectivity index (χ1n) is 6.86. The number of ether oxygens (including phenoxy) is 1. The van der Waals surface area contributed by atoms with Crippen molar-refractivity contribution < 1.29 is 18.7 Å². The lowest BCUT2D eigenvalue weighted by atomic mass is 10.1. The second-order valence-corrected chi connectivity index (χ2v) is 4.88. The number of hydrogen-bond donors (Lipinski definition) is 2. The summed E-state index contributed by atoms with van der Waals surface area (Å²) in [5.41, 5.74) is 1.03. The number of esters is 1. The number of aromatic nitrogens is 1. The first-order chi connectivity index (χ1) is 11.1. The highest BCUT2D eigenvalue weighted by molar-refractivity contribution is 6.09. The van der Waals surface area contributed by atoms with E-state index in [-0.39, 0.29) is 16.8 Å². The summed E-state index contributed by atoms with van der Waals surface area (Å²) in [6.07, 6.45) is 0. The number of carbonyl (C=O) groups is 2. The van der Waals surface area contributed by atoms with Crippen molar-refractivity contribution in [2.24, 2.45) is 0 Å². The van der Waals surface area contributed by atoms with Gasteiger partial charge in [-0.05, 0) is 24.3 Å². The molecule has 0 aliphatic rings. The normalized spacial score (nSPS) is 10.5. The van der Waals surface area contributed by atoms with Gasteiger partial charge >= 0.3 is 5.97 Å². The minimum absolute atomic E-state index is 0.199. The minimum Gasteiger partial charge on any atom is -0.465 e. The lowest BCUT2D eigenvalue weighted by Crippen LogP contribution is -2.15. The van der Waals surface area contributed by atoms with Gasteiger partial charge in [-0.2, -0.15) is 0 Å². The molecule has 0 radical (unpaired) electrons. The van der Waals surface area contributed by atoms with Gasteiger partial charge in [0.1, 0.15) is 11.5 Å². The van der Waals surface area contributed by atoms with E-state index in [0.29, 0.717) is 11.1 Å². The zero-order valence-electron chi connectivity index (χ0n) is 12.2. The zero-order valence-corrected chi connectivity index (χ0v) is 12.2. The van der Waals surface area contributed by atoms with E-state index >= 15 is 0 Å². The number of rotatable bonds is 3. The van der Waals surface area contributed by atoms with Crippen LogP contribution < -0.4 is 5.32 Å². The second-order valence-electron chi connectivity index (χ2n) is 4.88. The Kier molecular flexibility index (Phi) is 3.80. The van der Waals surface area contributed by atoms with Crippen LogP contribution in [0.3, 0.4) is 0 Å². The smallest absolute Gasteiger partial charge is 0.339 e. The molecule has 0 aliphatic heterocycles. The molecule has 1 heterocycles. The molecule has 0 saturated heterocycles. The maximum atomic E-state index is 13.7. The number of anilines is 1. The van der Waals surface area contributed by atoms with Crippen LogP contribution in [-0.2, 0) is 4.74 Å². The first kappa shape index (κ1) is 14.8. The van der Waals surface area contributed by atoms with Crippen molar-refractivity contribution in [3.05, 3.63) is 65.6 Å². The summed E-state index contributed by atoms with van der Waals surface area (Å²) in [4.78, 5) is 26.8. The fourth-order valence-electron chi connectivity index (χ4n) is 2.31. The highest BCUT2D eigenvalue weighted by atomic mass is 19.1. The molecule has 6 heteroatoms. The highest BCUT2D eigenvalue weighted by Gasteiger charge is 2.16. The topological polar surface area (TPSA) is 71.2 Å². The fraction of sp³-hybridized carbons (Fsp3) is 0.0588. The molecule has 3 rings (SSSR count). The van der Waals surface area contributed by atoms with Gasteiger partial charge in [-0.25, -0.2) is 9.18 Å². The van der Waals surface area contributed by atoms with Crippen molar-refractivity contribution in [1.82, 2.24) is 4.98 Å². The average molecular weight is 312 g/mol. The van der Waals surface area contributed by atoms with Crippen LogP contribution in [0.25, 0.3) is 10.9 Å². The summed E-state index contributed by atoms with van der Waals surface area (Å²) in [7, 11) is 1.27. The Balaban J connectivity index is 1.92. The molecule has 0 fully saturated rings. The zero-order chi connectivity index (χ0) is 16.4. The van der Waals surface area contributed by atoms with Crippen molar-refractivity contribution in [1.29, 1.82) is 0 Å². The Morgan fingerprint density at radius 1 is 1.13 bits per heavy atom. The molecule has 23 heavy (non-hydrogen) atoms. The van der Waals surface area contributed by atoms with Crippen molar-refractivity contribution >= 4 is 28.5 Å². The van der Waals surface area contributed by atoms with Crippen molar-refractivity contribution in [3.8, 4) is 0 Å². The van der Waals surface area contributed by atoms with Gasteiger partial charge in [0.15, 0.2) is 0 Å². The first-order valence-corrected chi connectivity index (χ1v) is 6.86. The summed E-state index contributed by atoms with van der Waals surface area (Å²) < 4.78 is 18.4. The third-order valence-corrected chi connectivity index (χ3v) is 3.43. The predicted molar refractivity (Wildman–Crippen MR) is 84.0 cm³/mol. The Bertz CT molecular complexity index is 902. The molecule has 0 aliphatic carbocycles. The fourth-order valence-corrected chi connectivity index (χ4v) is 2.31. The van der Waals surface area contributed by atoms with Crippen LogP contribution in [0.2, 0.25) is 0 Å². The third kappa shape index (κ3) is 2.78. The third-order valence-electron chi connectivity index (χ3n) is 3.43. The van der Waals surface area contributed by atoms with Crippen LogP contribution >= 0.6 is 0 Å². The molecule has 0 atom stereocenters. The van der Waals surface area contributed by atoms with Crippen molar-refractivity contribution in [2.45, 2.75) is 0 Å². The van der Waals surface area contributed by atoms with Gasteiger partial charge in [-0.3, -0.25) is 4.79 Å². The summed E-state index contributed by atoms with van der Waals surface area (Å²) in [5, 5.41) is 3.22. The van der Waals surface area contributed by atoms with Gasteiger partial charge in [0.25, 0.3) is 5.91 Å². The van der Waals surface area contributed by atoms with Gasteiger partial charge in [-0.15, -0.1) is 0 Å². The quantitative estimate of drug-likeness (QED) is 0.729. The van der Waals surface area contributed by atoms with Gasteiger partial charge in [0.2, 0.25) is 0 Å². The van der Waals surface area contributed by atoms with E-state index < -0.39 is 17.7 Å². The maximum Gasteiger partial charge on any atom is 0.339 e. The number of benzene rings is 2. The average Bonchev–Trinajstić information content (AvgIpc) is 3.00. The molecule has 0 bridgehead atoms. The number of nitrogens with one attached hydrogen (secondary N) is 2. The SMILES string of the molecule is COC(=O)c1ccccc1NC(=O)c1cc2cccc(F)c2[nH]1. The van der Waals surface area contributed by atoms with Crippen LogP contribution in [0.1, 0.15) is 20.8 Å². The van der Waals surface area contributed by atoms with Crippen LogP contribution in [0.15, 0.2) is 48.5 Å². The number of aromatic amines is 1. The Hall–Kier alpha value is -3.15. The number of hydrogen-bond acceptors (Lipinski definition) is 3. The Morgan fingerprint density at radius 3 is 2.65 bits per heavy atom. The van der Waals surface area contributed by atoms with Gasteiger partial charge in [0.05, 0.1) is 23.9 Å². The lowest BCUT2D eigenvalue weighted by molar-refractivity contribution is 0.0602. The summed E-state index contributed by atoms with van der Waals surface area (Å²) >= 11 is 0. The molecule has 0 spiro atoms. The van der Waals surface area contributed by atoms with E-state index in [1.807, 2.05) is 0 Å². The van der Waals surface area contributed by atoms with Crippen LogP contribution in [0.4, 0.5) is 10.1 Å². The Morgan fingerprint density at radius 2 is 1.91 bits per heavy atom. The summed E-state index contributed by atoms with van der Waals surface area (Å²) in [6, 6.07) is 12.6. The number of H-pyrrole nitrogens is 1. The molecule has 0 unspecified atom stereocenters. The van der Waals surface area contributed by atoms with Crippen LogP contribution in [0, 0.1) is 5.82 Å². The van der Waals surface area contributed by atoms with E-state index in [1.165, 1.54) is 13.2 Å². The van der Waals surface area contributed by atoms with E-state index in [4.69, 9.17) is 0 Å². The number of carbonyl (C=O) groups excluding carboxylic acids is 2. The Labute approximate surface area is 131 Å². The number of halogens is 1. The van der Waals surface area contributed by atoms with Gasteiger partial charge in [-0.1, -0.05) is 24.3 Å². The van der Waals surface area contributed by atoms with Crippen LogP contribution in [-0.4, -0.2) is 24.0 Å². The predicted octanol–water partition coefficient (Wildman–Crippen LogP) is 3.35. The molecule has 2 aromatic carbocycles. The molecule has 2 N–H and O–H groups in total. The van der Waals surface area contributed by atoms with E-state index in [2.05, 4.69) is 15.0 Å². The van der Waals surface area contributed by atoms with E-state index in [0.717, 1.165) is 0 Å². The number of para-hydroxylation sites is 2. The van der Waals surface area contributed by atoms with E-state index in [9.17, 15) is 14.0 Å². The monoisotopic (exact) mass is 312 g/mol. The minimum atomic E-state index is -0.552. The molecule has 0 saturated carbocycles. The standard InChI is InChI=1S/C17H13FN2O3/c1-23-17(22)11-6-2-3-8-13(11)20-16(21)14-9-10-5-4-7-12(18)15(10)19-14/h2-9,19H,1H3,(H,20,21). The second kappa shape index (κ2) is 5.92. The van der Waals surface area contributed by atoms with Crippen molar-refractivity contribution in [3.63, 3.8) is 0 Å². The molecule has 5 nitrogen and oxygen atoms in total. The van der Waals surface area contributed by atoms with Crippen LogP contribution in [0.5, 0.6) is 0 Å². The molecule has 3 aromatic rings.